The second kappa shape index (κ2) is 9.40. The molecule has 0 aliphatic carbocycles. The van der Waals surface area contributed by atoms with Gasteiger partial charge in [-0.15, -0.1) is 0 Å². The van der Waals surface area contributed by atoms with E-state index in [4.69, 9.17) is 9.47 Å². The van der Waals surface area contributed by atoms with E-state index in [1.165, 1.54) is 6.08 Å². The summed E-state index contributed by atoms with van der Waals surface area (Å²) in [4.78, 5) is 11.9. The van der Waals surface area contributed by atoms with E-state index >= 15 is 0 Å². The highest BCUT2D eigenvalue weighted by molar-refractivity contribution is 5.91. The molecule has 24 heavy (non-hydrogen) atoms. The molecule has 0 saturated heterocycles. The van der Waals surface area contributed by atoms with Gasteiger partial charge in [0.1, 0.15) is 0 Å². The number of hydrogen-bond acceptors (Lipinski definition) is 3. The second-order valence-electron chi connectivity index (χ2n) is 5.11. The molecule has 0 fully saturated rings. The average Bonchev–Trinajstić information content (AvgIpc) is 2.61. The third kappa shape index (κ3) is 5.47. The number of ether oxygens (including phenoxy) is 2. The Morgan fingerprint density at radius 1 is 1.00 bits per heavy atom. The summed E-state index contributed by atoms with van der Waals surface area (Å²) in [5.74, 6) is 1.27. The molecule has 1 N–H and O–H groups in total. The lowest BCUT2D eigenvalue weighted by molar-refractivity contribution is -0.116. The van der Waals surface area contributed by atoms with E-state index in [0.717, 1.165) is 11.1 Å². The Kier molecular flexibility index (Phi) is 6.90. The first-order valence-electron chi connectivity index (χ1n) is 8.12. The van der Waals surface area contributed by atoms with Crippen LogP contribution in [0.4, 0.5) is 0 Å². The molecular weight excluding hydrogens is 302 g/mol. The number of amides is 1. The quantitative estimate of drug-likeness (QED) is 0.751. The molecule has 0 aliphatic heterocycles. The molecule has 2 aromatic carbocycles. The van der Waals surface area contributed by atoms with Crippen LogP contribution in [0.2, 0.25) is 0 Å². The van der Waals surface area contributed by atoms with Gasteiger partial charge >= 0.3 is 0 Å². The van der Waals surface area contributed by atoms with Crippen LogP contribution in [0.3, 0.4) is 0 Å². The van der Waals surface area contributed by atoms with E-state index in [1.807, 2.05) is 62.4 Å². The first-order chi connectivity index (χ1) is 11.7. The standard InChI is InChI=1S/C20H23NO3/c1-3-23-18-12-10-16(14-19(18)24-4-2)11-13-20(22)21-15-17-8-6-5-7-9-17/h5-14H,3-4,15H2,1-2H3,(H,21,22)/b13-11+. The molecular formula is C20H23NO3. The molecule has 1 amide bonds. The first kappa shape index (κ1) is 17.6. The van der Waals surface area contributed by atoms with Crippen molar-refractivity contribution in [1.82, 2.24) is 5.32 Å². The number of nitrogens with one attached hydrogen (secondary N) is 1. The summed E-state index contributed by atoms with van der Waals surface area (Å²) in [6, 6.07) is 15.4. The van der Waals surface area contributed by atoms with E-state index in [1.54, 1.807) is 6.08 Å². The minimum atomic E-state index is -0.134. The number of carbonyl (C=O) groups is 1. The summed E-state index contributed by atoms with van der Waals surface area (Å²) in [7, 11) is 0. The Hall–Kier alpha value is -2.75. The van der Waals surface area contributed by atoms with Crippen molar-refractivity contribution in [3.63, 3.8) is 0 Å². The Morgan fingerprint density at radius 2 is 1.71 bits per heavy atom. The van der Waals surface area contributed by atoms with Crippen LogP contribution in [0, 0.1) is 0 Å². The van der Waals surface area contributed by atoms with Gasteiger partial charge in [-0.1, -0.05) is 36.4 Å². The summed E-state index contributed by atoms with van der Waals surface area (Å²) < 4.78 is 11.1. The van der Waals surface area contributed by atoms with Crippen molar-refractivity contribution >= 4 is 12.0 Å². The van der Waals surface area contributed by atoms with E-state index in [2.05, 4.69) is 5.32 Å². The molecule has 0 aromatic heterocycles. The van der Waals surface area contributed by atoms with Gasteiger partial charge in [0.15, 0.2) is 11.5 Å². The van der Waals surface area contributed by atoms with Gasteiger partial charge in [0.25, 0.3) is 0 Å². The molecule has 0 atom stereocenters. The van der Waals surface area contributed by atoms with Crippen LogP contribution in [0.1, 0.15) is 25.0 Å². The summed E-state index contributed by atoms with van der Waals surface area (Å²) in [6.45, 7) is 5.51. The molecule has 4 heteroatoms. The van der Waals surface area contributed by atoms with Gasteiger partial charge in [-0.05, 0) is 43.2 Å². The molecule has 0 spiro atoms. The number of hydrogen-bond donors (Lipinski definition) is 1. The summed E-state index contributed by atoms with van der Waals surface area (Å²) >= 11 is 0. The maximum Gasteiger partial charge on any atom is 0.244 e. The third-order valence-corrected chi connectivity index (χ3v) is 3.30. The van der Waals surface area contributed by atoms with Gasteiger partial charge < -0.3 is 14.8 Å². The van der Waals surface area contributed by atoms with Gasteiger partial charge in [0.05, 0.1) is 13.2 Å². The molecule has 4 nitrogen and oxygen atoms in total. The smallest absolute Gasteiger partial charge is 0.244 e. The molecule has 0 heterocycles. The fourth-order valence-corrected chi connectivity index (χ4v) is 2.19. The van der Waals surface area contributed by atoms with Crippen LogP contribution in [0.25, 0.3) is 6.08 Å². The highest BCUT2D eigenvalue weighted by Gasteiger charge is 2.05. The Morgan fingerprint density at radius 3 is 2.42 bits per heavy atom. The zero-order chi connectivity index (χ0) is 17.2. The van der Waals surface area contributed by atoms with Crippen molar-refractivity contribution in [2.45, 2.75) is 20.4 Å². The van der Waals surface area contributed by atoms with E-state index in [0.29, 0.717) is 31.3 Å². The van der Waals surface area contributed by atoms with Crippen molar-refractivity contribution in [3.8, 4) is 11.5 Å². The van der Waals surface area contributed by atoms with Crippen molar-refractivity contribution in [3.05, 3.63) is 65.7 Å². The van der Waals surface area contributed by atoms with E-state index in [-0.39, 0.29) is 5.91 Å². The minimum absolute atomic E-state index is 0.134. The number of rotatable bonds is 8. The number of carbonyl (C=O) groups excluding carboxylic acids is 1. The monoisotopic (exact) mass is 325 g/mol. The molecule has 0 saturated carbocycles. The lowest BCUT2D eigenvalue weighted by atomic mass is 10.2. The molecule has 126 valence electrons. The highest BCUT2D eigenvalue weighted by atomic mass is 16.5. The van der Waals surface area contributed by atoms with E-state index < -0.39 is 0 Å². The fraction of sp³-hybridized carbons (Fsp3) is 0.250. The molecule has 0 radical (unpaired) electrons. The molecule has 0 bridgehead atoms. The maximum absolute atomic E-state index is 11.9. The number of benzene rings is 2. The predicted molar refractivity (Wildman–Crippen MR) is 96.1 cm³/mol. The summed E-state index contributed by atoms with van der Waals surface area (Å²) in [5, 5.41) is 2.86. The van der Waals surface area contributed by atoms with Gasteiger partial charge in [0.2, 0.25) is 5.91 Å². The highest BCUT2D eigenvalue weighted by Crippen LogP contribution is 2.28. The summed E-state index contributed by atoms with van der Waals surface area (Å²) in [6.07, 6.45) is 3.28. The van der Waals surface area contributed by atoms with Gasteiger partial charge in [0, 0.05) is 12.6 Å². The normalized spacial score (nSPS) is 10.6. The Bertz CT molecular complexity index is 681. The van der Waals surface area contributed by atoms with Crippen molar-refractivity contribution in [2.24, 2.45) is 0 Å². The minimum Gasteiger partial charge on any atom is -0.490 e. The van der Waals surface area contributed by atoms with Crippen LogP contribution in [0.5, 0.6) is 11.5 Å². The predicted octanol–water partition coefficient (Wildman–Crippen LogP) is 3.81. The van der Waals surface area contributed by atoms with E-state index in [9.17, 15) is 4.79 Å². The van der Waals surface area contributed by atoms with Crippen molar-refractivity contribution in [1.29, 1.82) is 0 Å². The third-order valence-electron chi connectivity index (χ3n) is 3.30. The molecule has 2 aromatic rings. The second-order valence-corrected chi connectivity index (χ2v) is 5.11. The molecule has 0 unspecified atom stereocenters. The topological polar surface area (TPSA) is 47.6 Å². The van der Waals surface area contributed by atoms with Crippen LogP contribution in [-0.2, 0) is 11.3 Å². The van der Waals surface area contributed by atoms with Crippen LogP contribution in [-0.4, -0.2) is 19.1 Å². The summed E-state index contributed by atoms with van der Waals surface area (Å²) in [5.41, 5.74) is 1.95. The lowest BCUT2D eigenvalue weighted by Crippen LogP contribution is -2.20. The Labute approximate surface area is 143 Å². The van der Waals surface area contributed by atoms with Crippen LogP contribution < -0.4 is 14.8 Å². The van der Waals surface area contributed by atoms with Gasteiger partial charge in [-0.25, -0.2) is 0 Å². The maximum atomic E-state index is 11.9. The first-order valence-corrected chi connectivity index (χ1v) is 8.12. The SMILES string of the molecule is CCOc1ccc(/C=C/C(=O)NCc2ccccc2)cc1OCC. The van der Waals surface area contributed by atoms with Crippen molar-refractivity contribution < 1.29 is 14.3 Å². The van der Waals surface area contributed by atoms with Crippen LogP contribution >= 0.6 is 0 Å². The average molecular weight is 325 g/mol. The zero-order valence-electron chi connectivity index (χ0n) is 14.1. The molecule has 2 rings (SSSR count). The van der Waals surface area contributed by atoms with Gasteiger partial charge in [-0.2, -0.15) is 0 Å². The van der Waals surface area contributed by atoms with Gasteiger partial charge in [-0.3, -0.25) is 4.79 Å². The van der Waals surface area contributed by atoms with Crippen molar-refractivity contribution in [2.75, 3.05) is 13.2 Å². The fourth-order valence-electron chi connectivity index (χ4n) is 2.19. The molecule has 0 aliphatic rings. The Balaban J connectivity index is 1.97. The lowest BCUT2D eigenvalue weighted by Gasteiger charge is -2.11. The van der Waals surface area contributed by atoms with Crippen LogP contribution in [0.15, 0.2) is 54.6 Å². The zero-order valence-corrected chi connectivity index (χ0v) is 14.1. The largest absolute Gasteiger partial charge is 0.490 e.